The second kappa shape index (κ2) is 12.1. The molecule has 0 spiro atoms. The van der Waals surface area contributed by atoms with Gasteiger partial charge >= 0.3 is 6.09 Å². The highest BCUT2D eigenvalue weighted by Gasteiger charge is 2.27. The average molecular weight is 574 g/mol. The van der Waals surface area contributed by atoms with Crippen molar-refractivity contribution in [2.75, 3.05) is 29.5 Å². The molecule has 2 aromatic carbocycles. The van der Waals surface area contributed by atoms with Crippen LogP contribution in [-0.4, -0.2) is 56.2 Å². The molecule has 0 saturated carbocycles. The molecule has 1 fully saturated rings. The molecule has 1 aliphatic rings. The molecule has 214 valence electrons. The Hall–Kier alpha value is -4.25. The highest BCUT2D eigenvalue weighted by Crippen LogP contribution is 2.26. The van der Waals surface area contributed by atoms with E-state index in [2.05, 4.69) is 15.7 Å². The fourth-order valence-electron chi connectivity index (χ4n) is 4.51. The maximum absolute atomic E-state index is 12.6. The van der Waals surface area contributed by atoms with E-state index in [9.17, 15) is 9.59 Å². The van der Waals surface area contributed by atoms with Crippen molar-refractivity contribution >= 4 is 46.5 Å². The van der Waals surface area contributed by atoms with E-state index in [0.717, 1.165) is 29.7 Å². The molecule has 0 radical (unpaired) electrons. The zero-order valence-corrected chi connectivity index (χ0v) is 24.3. The monoisotopic (exact) mass is 573 g/mol. The first-order valence-electron chi connectivity index (χ1n) is 13.6. The molecule has 1 saturated heterocycles. The lowest BCUT2D eigenvalue weighted by Gasteiger charge is -2.34. The van der Waals surface area contributed by atoms with Crippen molar-refractivity contribution in [1.29, 1.82) is 0 Å². The molecule has 0 aliphatic carbocycles. The molecule has 2 aromatic heterocycles. The predicted octanol–water partition coefficient (Wildman–Crippen LogP) is 5.67. The van der Waals surface area contributed by atoms with E-state index in [0.29, 0.717) is 40.9 Å². The minimum Gasteiger partial charge on any atom is -0.444 e. The van der Waals surface area contributed by atoms with Gasteiger partial charge in [0.05, 0.1) is 11.4 Å². The molecule has 10 nitrogen and oxygen atoms in total. The minimum absolute atomic E-state index is 0.185. The van der Waals surface area contributed by atoms with E-state index in [-0.39, 0.29) is 18.0 Å². The van der Waals surface area contributed by atoms with Crippen LogP contribution in [-0.2, 0) is 10.5 Å². The number of piperidine rings is 1. The molecular weight excluding hydrogens is 538 g/mol. The number of ether oxygens (including phenoxy) is 1. The molecule has 0 bridgehead atoms. The summed E-state index contributed by atoms with van der Waals surface area (Å²) in [6, 6.07) is 18.8. The van der Waals surface area contributed by atoms with Gasteiger partial charge in [0, 0.05) is 36.6 Å². The number of hydrogen-bond donors (Lipinski definition) is 3. The maximum Gasteiger partial charge on any atom is 0.410 e. The lowest BCUT2D eigenvalue weighted by Crippen LogP contribution is -2.44. The summed E-state index contributed by atoms with van der Waals surface area (Å²) in [5.41, 5.74) is 9.05. The van der Waals surface area contributed by atoms with Crippen molar-refractivity contribution in [1.82, 2.24) is 19.5 Å². The molecule has 41 heavy (non-hydrogen) atoms. The summed E-state index contributed by atoms with van der Waals surface area (Å²) < 4.78 is 7.35. The van der Waals surface area contributed by atoms with Crippen LogP contribution in [0, 0.1) is 0 Å². The number of rotatable bonds is 7. The second-order valence-corrected chi connectivity index (χ2v) is 11.9. The van der Waals surface area contributed by atoms with Crippen molar-refractivity contribution in [3.05, 3.63) is 78.0 Å². The van der Waals surface area contributed by atoms with Crippen molar-refractivity contribution in [3.63, 3.8) is 0 Å². The average Bonchev–Trinajstić information content (AvgIpc) is 3.42. The van der Waals surface area contributed by atoms with Gasteiger partial charge in [0.1, 0.15) is 11.1 Å². The summed E-state index contributed by atoms with van der Waals surface area (Å²) in [5, 5.41) is 11.7. The normalized spacial score (nSPS) is 14.2. The number of carbonyl (C=O) groups is 2. The minimum atomic E-state index is -0.504. The molecule has 1 aliphatic heterocycles. The first kappa shape index (κ1) is 28.3. The number of hydrogen-bond acceptors (Lipinski definition) is 8. The number of benzene rings is 2. The topological polar surface area (TPSA) is 127 Å². The van der Waals surface area contributed by atoms with E-state index in [1.165, 1.54) is 11.8 Å². The lowest BCUT2D eigenvalue weighted by molar-refractivity contribution is 0.0210. The fourth-order valence-corrected chi connectivity index (χ4v) is 5.30. The fraction of sp³-hybridized carbons (Fsp3) is 0.333. The molecule has 4 N–H and O–H groups in total. The van der Waals surface area contributed by atoms with Gasteiger partial charge < -0.3 is 26.0 Å². The van der Waals surface area contributed by atoms with Crippen LogP contribution in [0.2, 0.25) is 0 Å². The summed E-state index contributed by atoms with van der Waals surface area (Å²) in [6.45, 7) is 6.89. The van der Waals surface area contributed by atoms with Crippen LogP contribution in [0.3, 0.4) is 0 Å². The summed E-state index contributed by atoms with van der Waals surface area (Å²) in [5.74, 6) is 1.21. The van der Waals surface area contributed by atoms with E-state index in [4.69, 9.17) is 15.5 Å². The third-order valence-electron chi connectivity index (χ3n) is 6.65. The summed E-state index contributed by atoms with van der Waals surface area (Å²) in [6.07, 6.45) is 3.25. The van der Waals surface area contributed by atoms with Crippen LogP contribution < -0.4 is 16.4 Å². The number of nitrogens with zero attached hydrogens (tertiary/aromatic N) is 4. The number of likely N-dealkylation sites (tertiary alicyclic amines) is 1. The van der Waals surface area contributed by atoms with Gasteiger partial charge in [-0.15, -0.1) is 5.10 Å². The Bertz CT molecular complexity index is 1520. The quantitative estimate of drug-likeness (QED) is 0.191. The number of amides is 2. The molecule has 5 rings (SSSR count). The van der Waals surface area contributed by atoms with Crippen LogP contribution in [0.1, 0.15) is 49.5 Å². The van der Waals surface area contributed by atoms with Gasteiger partial charge in [-0.25, -0.2) is 14.3 Å². The number of carbonyl (C=O) groups excluding carboxylic acids is 2. The number of nitrogen functional groups attached to an aromatic ring is 1. The van der Waals surface area contributed by atoms with Gasteiger partial charge in [-0.1, -0.05) is 36.0 Å². The molecule has 4 aromatic rings. The Kier molecular flexibility index (Phi) is 8.34. The number of nitrogens with two attached hydrogens (primary N) is 1. The first-order chi connectivity index (χ1) is 19.6. The van der Waals surface area contributed by atoms with Gasteiger partial charge in [0.15, 0.2) is 5.82 Å². The zero-order chi connectivity index (χ0) is 29.0. The number of thioether (sulfide) groups is 1. The number of para-hydroxylation sites is 2. The molecule has 0 atom stereocenters. The Morgan fingerprint density at radius 1 is 1.05 bits per heavy atom. The van der Waals surface area contributed by atoms with Gasteiger partial charge in [0.25, 0.3) is 5.91 Å². The smallest absolute Gasteiger partial charge is 0.410 e. The van der Waals surface area contributed by atoms with Gasteiger partial charge in [-0.05, 0) is 75.6 Å². The molecule has 11 heteroatoms. The van der Waals surface area contributed by atoms with Crippen molar-refractivity contribution < 1.29 is 14.3 Å². The third-order valence-corrected chi connectivity index (χ3v) is 7.56. The lowest BCUT2D eigenvalue weighted by atomic mass is 10.1. The van der Waals surface area contributed by atoms with Crippen molar-refractivity contribution in [3.8, 4) is 0 Å². The number of nitrogens with one attached hydrogen (secondary N) is 2. The van der Waals surface area contributed by atoms with Gasteiger partial charge in [0.2, 0.25) is 5.16 Å². The largest absolute Gasteiger partial charge is 0.444 e. The first-order valence-corrected chi connectivity index (χ1v) is 14.6. The molecule has 2 amide bonds. The van der Waals surface area contributed by atoms with Crippen molar-refractivity contribution in [2.24, 2.45) is 0 Å². The van der Waals surface area contributed by atoms with E-state index < -0.39 is 5.60 Å². The highest BCUT2D eigenvalue weighted by molar-refractivity contribution is 7.98. The SMILES string of the molecule is CC(C)(C)OC(=O)N1CCC(Nc2nc(SCc3ccc(C(=O)Nc4ccccc4N)cc3)nn3cccc23)CC1. The van der Waals surface area contributed by atoms with Gasteiger partial charge in [-0.3, -0.25) is 4.79 Å². The third kappa shape index (κ3) is 7.29. The van der Waals surface area contributed by atoms with E-state index in [1.807, 2.05) is 67.9 Å². The zero-order valence-electron chi connectivity index (χ0n) is 23.5. The van der Waals surface area contributed by atoms with Gasteiger partial charge in [-0.2, -0.15) is 0 Å². The van der Waals surface area contributed by atoms with Crippen molar-refractivity contribution in [2.45, 2.75) is 56.2 Å². The van der Waals surface area contributed by atoms with Crippen LogP contribution >= 0.6 is 11.8 Å². The summed E-state index contributed by atoms with van der Waals surface area (Å²) >= 11 is 1.53. The predicted molar refractivity (Wildman–Crippen MR) is 162 cm³/mol. The Balaban J connectivity index is 1.19. The highest BCUT2D eigenvalue weighted by atomic mass is 32.2. The van der Waals surface area contributed by atoms with Crippen LogP contribution in [0.15, 0.2) is 72.0 Å². The summed E-state index contributed by atoms with van der Waals surface area (Å²) in [4.78, 5) is 31.7. The maximum atomic E-state index is 12.6. The molecule has 3 heterocycles. The Morgan fingerprint density at radius 2 is 1.78 bits per heavy atom. The number of aromatic nitrogens is 3. The number of fused-ring (bicyclic) bond motifs is 1. The van der Waals surface area contributed by atoms with E-state index >= 15 is 0 Å². The summed E-state index contributed by atoms with van der Waals surface area (Å²) in [7, 11) is 0. The Labute approximate surface area is 243 Å². The second-order valence-electron chi connectivity index (χ2n) is 11.0. The molecular formula is C30H35N7O3S. The van der Waals surface area contributed by atoms with E-state index in [1.54, 1.807) is 29.2 Å². The van der Waals surface area contributed by atoms with Crippen LogP contribution in [0.4, 0.5) is 22.0 Å². The Morgan fingerprint density at radius 3 is 2.49 bits per heavy atom. The van der Waals surface area contributed by atoms with Crippen LogP contribution in [0.25, 0.3) is 5.52 Å². The molecule has 0 unspecified atom stereocenters. The van der Waals surface area contributed by atoms with Crippen LogP contribution in [0.5, 0.6) is 0 Å². The number of anilines is 3. The standard InChI is InChI=1S/C30H35N7O3S/c1-30(2,3)40-29(39)36-17-14-22(15-18-36)32-26-25-9-6-16-37(25)35-28(34-26)41-19-20-10-12-21(13-11-20)27(38)33-24-8-5-4-7-23(24)31/h4-13,16,22H,14-15,17-19,31H2,1-3H3,(H,33,38)(H,32,34,35).